The summed E-state index contributed by atoms with van der Waals surface area (Å²) in [5.41, 5.74) is 22.6. The van der Waals surface area contributed by atoms with Crippen molar-refractivity contribution < 1.29 is 0 Å². The fourth-order valence-electron chi connectivity index (χ4n) is 9.40. The first-order chi connectivity index (χ1) is 30.8. The van der Waals surface area contributed by atoms with Crippen molar-refractivity contribution in [2.75, 3.05) is 0 Å². The van der Waals surface area contributed by atoms with Gasteiger partial charge in [0.1, 0.15) is 0 Å². The molecule has 0 heteroatoms. The second-order valence-electron chi connectivity index (χ2n) is 21.8. The molecule has 1 aliphatic carbocycles. The number of unbranched alkanes of at least 4 members (excludes halogenated alkanes) is 6. The molecule has 0 atom stereocenters. The van der Waals surface area contributed by atoms with Crippen LogP contribution in [0.25, 0.3) is 33.9 Å². The van der Waals surface area contributed by atoms with E-state index in [4.69, 9.17) is 0 Å². The highest BCUT2D eigenvalue weighted by Crippen LogP contribution is 2.55. The van der Waals surface area contributed by atoms with E-state index in [-0.39, 0.29) is 16.2 Å². The van der Waals surface area contributed by atoms with E-state index in [1.165, 1.54) is 143 Å². The molecule has 0 aromatic heterocycles. The van der Waals surface area contributed by atoms with Gasteiger partial charge in [-0.3, -0.25) is 0 Å². The third-order valence-corrected chi connectivity index (χ3v) is 14.1. The number of hydrogen-bond donors (Lipinski definition) is 0. The molecular weight excluding hydrogens is 781 g/mol. The Morgan fingerprint density at radius 1 is 0.585 bits per heavy atom. The predicted octanol–water partition coefficient (Wildman–Crippen LogP) is 21.2. The summed E-state index contributed by atoms with van der Waals surface area (Å²) >= 11 is 0. The van der Waals surface area contributed by atoms with Crippen LogP contribution in [-0.4, -0.2) is 0 Å². The molecule has 0 fully saturated rings. The molecule has 0 amide bonds. The van der Waals surface area contributed by atoms with E-state index in [9.17, 15) is 0 Å². The first kappa shape index (κ1) is 55.4. The third-order valence-electron chi connectivity index (χ3n) is 14.1. The second kappa shape index (κ2) is 25.9. The Balaban J connectivity index is 0.00000363. The van der Waals surface area contributed by atoms with E-state index in [2.05, 4.69) is 203 Å². The lowest BCUT2D eigenvalue weighted by Gasteiger charge is -2.34. The SMILES string of the molecule is C=C(C)/C(C)=C\c1c(/C(C)=C/C=C(\C)C(C)(C)C)ccc(/C(=C/C=C(\C)c2ccc3c(c2)C(CCCCCC)(CCCCCC)c2cc(C(C)(C)C)ccc2-3)CCC)c1CCC.CCC. The van der Waals surface area contributed by atoms with E-state index < -0.39 is 0 Å². The molecule has 0 unspecified atom stereocenters. The molecule has 1 aliphatic rings. The lowest BCUT2D eigenvalue weighted by Crippen LogP contribution is -2.26. The summed E-state index contributed by atoms with van der Waals surface area (Å²) in [6.07, 6.45) is 30.3. The van der Waals surface area contributed by atoms with Crippen molar-refractivity contribution >= 4 is 22.8 Å². The van der Waals surface area contributed by atoms with Gasteiger partial charge in [0.05, 0.1) is 0 Å². The molecule has 0 spiro atoms. The molecule has 0 N–H and O–H groups in total. The van der Waals surface area contributed by atoms with Crippen molar-refractivity contribution in [2.24, 2.45) is 5.41 Å². The van der Waals surface area contributed by atoms with Gasteiger partial charge in [0.2, 0.25) is 0 Å². The number of allylic oxidation sites excluding steroid dienone is 10. The van der Waals surface area contributed by atoms with E-state index in [0.29, 0.717) is 0 Å². The zero-order valence-corrected chi connectivity index (χ0v) is 45.3. The highest BCUT2D eigenvalue weighted by molar-refractivity contribution is 5.85. The van der Waals surface area contributed by atoms with Crippen molar-refractivity contribution in [2.45, 2.75) is 225 Å². The minimum atomic E-state index is 0.0589. The van der Waals surface area contributed by atoms with Crippen molar-refractivity contribution in [1.29, 1.82) is 0 Å². The number of rotatable bonds is 21. The van der Waals surface area contributed by atoms with Crippen molar-refractivity contribution in [3.05, 3.63) is 141 Å². The lowest BCUT2D eigenvalue weighted by molar-refractivity contribution is 0.400. The van der Waals surface area contributed by atoms with Crippen molar-refractivity contribution in [3.8, 4) is 11.1 Å². The van der Waals surface area contributed by atoms with Crippen LogP contribution in [0.3, 0.4) is 0 Å². The first-order valence-corrected chi connectivity index (χ1v) is 26.3. The van der Waals surface area contributed by atoms with E-state index in [1.54, 1.807) is 11.1 Å². The topological polar surface area (TPSA) is 0 Å². The molecule has 3 aromatic carbocycles. The van der Waals surface area contributed by atoms with Gasteiger partial charge in [-0.15, -0.1) is 0 Å². The van der Waals surface area contributed by atoms with Crippen molar-refractivity contribution in [3.63, 3.8) is 0 Å². The van der Waals surface area contributed by atoms with Gasteiger partial charge in [0, 0.05) is 5.41 Å². The molecule has 0 heterocycles. The highest BCUT2D eigenvalue weighted by Gasteiger charge is 2.43. The standard InChI is InChI=1S/C62H88.C3H8/c1-17-21-23-25-39-62(40-26-24-22-18-2)58-42-50(33-35-55(58)56-36-34-51(43-59(56)62)61(14,15)16)45(7)30-32-49(27-19-3)53-38-37-52(46(8)29-31-48(10)60(11,12)13)57(54(53)28-20-4)41-47(9)44(5)6;1-3-2/h29-38,41-43H,5,17-28,39-40H2,1-4,6-16H3;3H2,1-2H3/b45-30+,46-29+,47-41-,48-31+,49-32+;. The van der Waals surface area contributed by atoms with Gasteiger partial charge in [-0.05, 0) is 155 Å². The molecule has 0 nitrogen and oxygen atoms in total. The summed E-state index contributed by atoms with van der Waals surface area (Å²) in [7, 11) is 0. The van der Waals surface area contributed by atoms with E-state index in [0.717, 1.165) is 31.3 Å². The second-order valence-corrected chi connectivity index (χ2v) is 21.8. The normalized spacial score (nSPS) is 14.6. The van der Waals surface area contributed by atoms with Gasteiger partial charge in [0.25, 0.3) is 0 Å². The van der Waals surface area contributed by atoms with Crippen LogP contribution in [0, 0.1) is 5.41 Å². The maximum absolute atomic E-state index is 4.34. The van der Waals surface area contributed by atoms with Gasteiger partial charge in [-0.25, -0.2) is 0 Å². The number of hydrogen-bond acceptors (Lipinski definition) is 0. The van der Waals surface area contributed by atoms with Crippen LogP contribution in [0.2, 0.25) is 0 Å². The van der Waals surface area contributed by atoms with Crippen LogP contribution in [0.4, 0.5) is 0 Å². The Kier molecular flexibility index (Phi) is 22.1. The van der Waals surface area contributed by atoms with E-state index >= 15 is 0 Å². The largest absolute Gasteiger partial charge is 0.0958 e. The Morgan fingerprint density at radius 2 is 1.14 bits per heavy atom. The molecule has 3 aromatic rings. The maximum atomic E-state index is 4.34. The fourth-order valence-corrected chi connectivity index (χ4v) is 9.40. The molecular formula is C65H96. The number of fused-ring (bicyclic) bond motifs is 3. The molecule has 4 rings (SSSR count). The predicted molar refractivity (Wildman–Crippen MR) is 297 cm³/mol. The zero-order chi connectivity index (χ0) is 48.5. The molecule has 0 aliphatic heterocycles. The molecule has 0 saturated heterocycles. The summed E-state index contributed by atoms with van der Waals surface area (Å²) in [6, 6.07) is 19.8. The summed E-state index contributed by atoms with van der Waals surface area (Å²) in [6.45, 7) is 43.1. The van der Waals surface area contributed by atoms with Gasteiger partial charge >= 0.3 is 0 Å². The molecule has 0 radical (unpaired) electrons. The molecule has 0 saturated carbocycles. The van der Waals surface area contributed by atoms with Crippen molar-refractivity contribution in [1.82, 2.24) is 0 Å². The minimum Gasteiger partial charge on any atom is -0.0958 e. The van der Waals surface area contributed by atoms with Crippen LogP contribution in [0.1, 0.15) is 252 Å². The lowest BCUT2D eigenvalue weighted by atomic mass is 9.69. The van der Waals surface area contributed by atoms with Gasteiger partial charge in [-0.1, -0.05) is 244 Å². The highest BCUT2D eigenvalue weighted by atomic mass is 14.5. The van der Waals surface area contributed by atoms with Crippen LogP contribution in [0.5, 0.6) is 0 Å². The van der Waals surface area contributed by atoms with Crippen LogP contribution in [-0.2, 0) is 17.3 Å². The maximum Gasteiger partial charge on any atom is 0.0215 e. The summed E-state index contributed by atoms with van der Waals surface area (Å²) in [5, 5.41) is 0. The van der Waals surface area contributed by atoms with Gasteiger partial charge < -0.3 is 0 Å². The summed E-state index contributed by atoms with van der Waals surface area (Å²) in [4.78, 5) is 0. The first-order valence-electron chi connectivity index (χ1n) is 26.3. The van der Waals surface area contributed by atoms with Crippen LogP contribution >= 0.6 is 0 Å². The quantitative estimate of drug-likeness (QED) is 0.0739. The average molecular weight is 877 g/mol. The third kappa shape index (κ3) is 14.8. The van der Waals surface area contributed by atoms with Gasteiger partial charge in [-0.2, -0.15) is 0 Å². The Labute approximate surface area is 403 Å². The molecule has 0 bridgehead atoms. The molecule has 356 valence electrons. The average Bonchev–Trinajstić information content (AvgIpc) is 3.52. The van der Waals surface area contributed by atoms with Crippen LogP contribution in [0.15, 0.2) is 96.1 Å². The fraction of sp³-hybridized carbons (Fsp3) is 0.538. The molecule has 65 heavy (non-hydrogen) atoms. The monoisotopic (exact) mass is 877 g/mol. The zero-order valence-electron chi connectivity index (χ0n) is 45.3. The number of benzene rings is 3. The van der Waals surface area contributed by atoms with Crippen LogP contribution < -0.4 is 0 Å². The minimum absolute atomic E-state index is 0.0589. The van der Waals surface area contributed by atoms with Gasteiger partial charge in [0.15, 0.2) is 0 Å². The summed E-state index contributed by atoms with van der Waals surface area (Å²) < 4.78 is 0. The van der Waals surface area contributed by atoms with E-state index in [1.807, 2.05) is 0 Å². The summed E-state index contributed by atoms with van der Waals surface area (Å²) in [5.74, 6) is 0. The smallest absolute Gasteiger partial charge is 0.0215 e. The Bertz CT molecular complexity index is 2160. The Morgan fingerprint density at radius 3 is 1.66 bits per heavy atom. The Hall–Kier alpha value is -3.90.